The van der Waals surface area contributed by atoms with Crippen molar-refractivity contribution in [1.82, 2.24) is 9.97 Å². The molecule has 0 aromatic carbocycles. The summed E-state index contributed by atoms with van der Waals surface area (Å²) in [5, 5.41) is 17.0. The maximum Gasteiger partial charge on any atom is 0.131 e. The average Bonchev–Trinajstić information content (AvgIpc) is 3.29. The minimum atomic E-state index is -0.586. The minimum Gasteiger partial charge on any atom is -0.388 e. The third-order valence-electron chi connectivity index (χ3n) is 3.96. The summed E-state index contributed by atoms with van der Waals surface area (Å²) in [7, 11) is 0. The van der Waals surface area contributed by atoms with Crippen molar-refractivity contribution in [3.05, 3.63) is 12.4 Å². The van der Waals surface area contributed by atoms with Crippen LogP contribution in [0.2, 0.25) is 0 Å². The lowest BCUT2D eigenvalue weighted by Gasteiger charge is -2.32. The van der Waals surface area contributed by atoms with E-state index in [4.69, 9.17) is 0 Å². The van der Waals surface area contributed by atoms with E-state index in [-0.39, 0.29) is 0 Å². The predicted molar refractivity (Wildman–Crippen MR) is 83.2 cm³/mol. The zero-order valence-electron chi connectivity index (χ0n) is 11.6. The van der Waals surface area contributed by atoms with Crippen LogP contribution in [0.15, 0.2) is 12.4 Å². The molecule has 1 aliphatic heterocycles. The highest BCUT2D eigenvalue weighted by Gasteiger charge is 2.29. The van der Waals surface area contributed by atoms with Gasteiger partial charge in [-0.25, -0.2) is 9.97 Å². The zero-order chi connectivity index (χ0) is 13.8. The van der Waals surface area contributed by atoms with E-state index in [1.54, 1.807) is 6.33 Å². The second-order valence-electron chi connectivity index (χ2n) is 5.80. The van der Waals surface area contributed by atoms with Gasteiger partial charge >= 0.3 is 0 Å². The molecule has 110 valence electrons. The Labute approximate surface area is 124 Å². The second kappa shape index (κ2) is 6.18. The number of hydrogen-bond acceptors (Lipinski definition) is 6. The molecule has 6 heteroatoms. The van der Waals surface area contributed by atoms with E-state index in [9.17, 15) is 5.11 Å². The summed E-state index contributed by atoms with van der Waals surface area (Å²) in [4.78, 5) is 8.44. The monoisotopic (exact) mass is 294 g/mol. The van der Waals surface area contributed by atoms with Gasteiger partial charge in [-0.05, 0) is 43.1 Å². The van der Waals surface area contributed by atoms with Gasteiger partial charge in [-0.15, -0.1) is 0 Å². The molecule has 0 spiro atoms. The molecule has 0 radical (unpaired) electrons. The first-order valence-electron chi connectivity index (χ1n) is 7.33. The Bertz CT molecular complexity index is 447. The highest BCUT2D eigenvalue weighted by molar-refractivity contribution is 7.99. The number of anilines is 2. The average molecular weight is 294 g/mol. The highest BCUT2D eigenvalue weighted by atomic mass is 32.2. The van der Waals surface area contributed by atoms with Crippen LogP contribution in [0.1, 0.15) is 25.7 Å². The standard InChI is InChI=1S/C14H22N4OS/c19-14(3-5-20-6-4-14)9-16-13-7-12(17-10-18-13)15-8-11-1-2-11/h7,10-11,19H,1-6,8-9H2,(H2,15,16,17,18). The Morgan fingerprint density at radius 1 is 1.20 bits per heavy atom. The smallest absolute Gasteiger partial charge is 0.131 e. The van der Waals surface area contributed by atoms with Crippen LogP contribution in [0.4, 0.5) is 11.6 Å². The molecule has 2 aliphatic rings. The molecule has 0 unspecified atom stereocenters. The maximum absolute atomic E-state index is 10.5. The number of aromatic nitrogens is 2. The molecule has 3 rings (SSSR count). The molecule has 1 aromatic heterocycles. The Hall–Kier alpha value is -1.01. The third kappa shape index (κ3) is 3.99. The SMILES string of the molecule is OC1(CNc2cc(NCC3CC3)ncn2)CCSCC1. The van der Waals surface area contributed by atoms with Gasteiger partial charge in [0.05, 0.1) is 5.60 Å². The lowest BCUT2D eigenvalue weighted by Crippen LogP contribution is -2.40. The first kappa shape index (κ1) is 13.9. The van der Waals surface area contributed by atoms with Gasteiger partial charge in [-0.1, -0.05) is 0 Å². The van der Waals surface area contributed by atoms with Gasteiger partial charge in [0, 0.05) is 19.2 Å². The van der Waals surface area contributed by atoms with Gasteiger partial charge in [-0.3, -0.25) is 0 Å². The summed E-state index contributed by atoms with van der Waals surface area (Å²) in [6.07, 6.45) is 5.92. The molecule has 3 N–H and O–H groups in total. The molecular formula is C14H22N4OS. The van der Waals surface area contributed by atoms with Crippen molar-refractivity contribution < 1.29 is 5.11 Å². The Morgan fingerprint density at radius 3 is 2.60 bits per heavy atom. The first-order chi connectivity index (χ1) is 9.73. The predicted octanol–water partition coefficient (Wildman–Crippen LogP) is 1.97. The molecule has 1 saturated carbocycles. The van der Waals surface area contributed by atoms with Gasteiger partial charge in [0.15, 0.2) is 0 Å². The lowest BCUT2D eigenvalue weighted by atomic mass is 9.97. The molecule has 1 saturated heterocycles. The van der Waals surface area contributed by atoms with Crippen LogP contribution in [0.25, 0.3) is 0 Å². The van der Waals surface area contributed by atoms with Crippen molar-refractivity contribution >= 4 is 23.4 Å². The zero-order valence-corrected chi connectivity index (χ0v) is 12.5. The van der Waals surface area contributed by atoms with Crippen molar-refractivity contribution in [1.29, 1.82) is 0 Å². The van der Waals surface area contributed by atoms with E-state index in [1.165, 1.54) is 12.8 Å². The number of nitrogens with zero attached hydrogens (tertiary/aromatic N) is 2. The van der Waals surface area contributed by atoms with E-state index in [2.05, 4.69) is 20.6 Å². The van der Waals surface area contributed by atoms with Crippen LogP contribution in [-0.4, -0.2) is 45.3 Å². The normalized spacial score (nSPS) is 21.4. The van der Waals surface area contributed by atoms with Gasteiger partial charge in [-0.2, -0.15) is 11.8 Å². The van der Waals surface area contributed by atoms with E-state index in [0.29, 0.717) is 6.54 Å². The third-order valence-corrected chi connectivity index (χ3v) is 4.94. The summed E-state index contributed by atoms with van der Waals surface area (Å²) in [6, 6.07) is 1.92. The Kier molecular flexibility index (Phi) is 4.31. The molecular weight excluding hydrogens is 272 g/mol. The van der Waals surface area contributed by atoms with Gasteiger partial charge in [0.25, 0.3) is 0 Å². The molecule has 0 bridgehead atoms. The van der Waals surface area contributed by atoms with Crippen LogP contribution in [0.5, 0.6) is 0 Å². The van der Waals surface area contributed by atoms with Crippen molar-refractivity contribution in [2.75, 3.05) is 35.2 Å². The molecule has 1 aromatic rings. The largest absolute Gasteiger partial charge is 0.388 e. The van der Waals surface area contributed by atoms with Crippen LogP contribution >= 0.6 is 11.8 Å². The second-order valence-corrected chi connectivity index (χ2v) is 7.03. The maximum atomic E-state index is 10.5. The van der Waals surface area contributed by atoms with Gasteiger partial charge in [0.2, 0.25) is 0 Å². The molecule has 2 heterocycles. The van der Waals surface area contributed by atoms with E-state index in [1.807, 2.05) is 17.8 Å². The van der Waals surface area contributed by atoms with Crippen LogP contribution < -0.4 is 10.6 Å². The summed E-state index contributed by atoms with van der Waals surface area (Å²) in [5.74, 6) is 4.54. The van der Waals surface area contributed by atoms with Crippen molar-refractivity contribution in [3.63, 3.8) is 0 Å². The van der Waals surface area contributed by atoms with Crippen LogP contribution in [-0.2, 0) is 0 Å². The summed E-state index contributed by atoms with van der Waals surface area (Å²) in [5.41, 5.74) is -0.586. The fraction of sp³-hybridized carbons (Fsp3) is 0.714. The van der Waals surface area contributed by atoms with E-state index >= 15 is 0 Å². The highest BCUT2D eigenvalue weighted by Crippen LogP contribution is 2.29. The Morgan fingerprint density at radius 2 is 1.90 bits per heavy atom. The van der Waals surface area contributed by atoms with Crippen molar-refractivity contribution in [2.45, 2.75) is 31.3 Å². The fourth-order valence-corrected chi connectivity index (χ4v) is 3.56. The number of thioether (sulfide) groups is 1. The number of nitrogens with one attached hydrogen (secondary N) is 2. The molecule has 20 heavy (non-hydrogen) atoms. The number of rotatable bonds is 6. The molecule has 5 nitrogen and oxygen atoms in total. The van der Waals surface area contributed by atoms with Crippen molar-refractivity contribution in [3.8, 4) is 0 Å². The van der Waals surface area contributed by atoms with Gasteiger partial charge < -0.3 is 15.7 Å². The lowest BCUT2D eigenvalue weighted by molar-refractivity contribution is 0.0453. The number of aliphatic hydroxyl groups is 1. The van der Waals surface area contributed by atoms with Crippen LogP contribution in [0.3, 0.4) is 0 Å². The fourth-order valence-electron chi connectivity index (χ4n) is 2.30. The molecule has 0 atom stereocenters. The first-order valence-corrected chi connectivity index (χ1v) is 8.49. The quantitative estimate of drug-likeness (QED) is 0.745. The van der Waals surface area contributed by atoms with E-state index in [0.717, 1.165) is 48.4 Å². The van der Waals surface area contributed by atoms with Crippen molar-refractivity contribution in [2.24, 2.45) is 5.92 Å². The summed E-state index contributed by atoms with van der Waals surface area (Å²) < 4.78 is 0. The topological polar surface area (TPSA) is 70.1 Å². The minimum absolute atomic E-state index is 0.562. The molecule has 0 amide bonds. The molecule has 1 aliphatic carbocycles. The summed E-state index contributed by atoms with van der Waals surface area (Å²) >= 11 is 1.91. The molecule has 2 fully saturated rings. The Balaban J connectivity index is 1.52. The van der Waals surface area contributed by atoms with Gasteiger partial charge in [0.1, 0.15) is 18.0 Å². The number of hydrogen-bond donors (Lipinski definition) is 3. The van der Waals surface area contributed by atoms with Crippen LogP contribution in [0, 0.1) is 5.92 Å². The van der Waals surface area contributed by atoms with E-state index < -0.39 is 5.60 Å². The summed E-state index contributed by atoms with van der Waals surface area (Å²) in [6.45, 7) is 1.56.